The van der Waals surface area contributed by atoms with Gasteiger partial charge in [-0.15, -0.1) is 0 Å². The molecule has 25 heavy (non-hydrogen) atoms. The van der Waals surface area contributed by atoms with Crippen molar-refractivity contribution in [2.24, 2.45) is 5.92 Å². The van der Waals surface area contributed by atoms with Gasteiger partial charge in [0, 0.05) is 24.8 Å². The topological polar surface area (TPSA) is 61.4 Å². The van der Waals surface area contributed by atoms with Gasteiger partial charge in [-0.1, -0.05) is 24.4 Å². The number of piperidine rings is 1. The van der Waals surface area contributed by atoms with Gasteiger partial charge in [-0.25, -0.2) is 9.18 Å². The molecule has 0 bridgehead atoms. The van der Waals surface area contributed by atoms with Gasteiger partial charge in [0.25, 0.3) is 0 Å². The Balaban J connectivity index is 1.55. The van der Waals surface area contributed by atoms with Crippen LogP contribution in [0.1, 0.15) is 38.5 Å². The Hall–Kier alpha value is -1.82. The molecule has 7 heteroatoms. The van der Waals surface area contributed by atoms with Crippen LogP contribution >= 0.6 is 11.6 Å². The second-order valence-corrected chi connectivity index (χ2v) is 7.24. The third-order valence-corrected chi connectivity index (χ3v) is 5.24. The summed E-state index contributed by atoms with van der Waals surface area (Å²) in [5.74, 6) is -0.958. The number of hydrogen-bond donors (Lipinski definition) is 2. The molecule has 0 unspecified atom stereocenters. The highest BCUT2D eigenvalue weighted by Crippen LogP contribution is 2.23. The standard InChI is InChI=1S/C18H23ClFN3O2/c19-15-10-14(7-8-16(15)20)21-17(24)12-4-3-9-23(11-12)18(25)22-13-5-1-2-6-13/h7-8,10,12-13H,1-6,9,11H2,(H,21,24)(H,22,25)/t12-/m1/s1. The van der Waals surface area contributed by atoms with Gasteiger partial charge in [-0.2, -0.15) is 0 Å². The van der Waals surface area contributed by atoms with E-state index in [-0.39, 0.29) is 28.9 Å². The second-order valence-electron chi connectivity index (χ2n) is 6.83. The summed E-state index contributed by atoms with van der Waals surface area (Å²) in [6, 6.07) is 4.28. The summed E-state index contributed by atoms with van der Waals surface area (Å²) in [5.41, 5.74) is 0.462. The molecule has 1 saturated heterocycles. The third kappa shape index (κ3) is 4.63. The molecule has 136 valence electrons. The molecule has 2 aliphatic rings. The summed E-state index contributed by atoms with van der Waals surface area (Å²) in [6.45, 7) is 1.07. The summed E-state index contributed by atoms with van der Waals surface area (Å²) >= 11 is 5.74. The van der Waals surface area contributed by atoms with Gasteiger partial charge in [0.05, 0.1) is 10.9 Å². The maximum atomic E-state index is 13.2. The molecule has 0 radical (unpaired) electrons. The van der Waals surface area contributed by atoms with Crippen LogP contribution in [0.25, 0.3) is 0 Å². The van der Waals surface area contributed by atoms with Gasteiger partial charge < -0.3 is 15.5 Å². The summed E-state index contributed by atoms with van der Waals surface area (Å²) in [4.78, 5) is 26.6. The van der Waals surface area contributed by atoms with Crippen molar-refractivity contribution in [3.63, 3.8) is 0 Å². The monoisotopic (exact) mass is 367 g/mol. The van der Waals surface area contributed by atoms with Crippen molar-refractivity contribution in [3.8, 4) is 0 Å². The molecule has 1 aliphatic carbocycles. The summed E-state index contributed by atoms with van der Waals surface area (Å²) in [6.07, 6.45) is 5.92. The fourth-order valence-electron chi connectivity index (χ4n) is 3.53. The number of benzene rings is 1. The molecule has 0 spiro atoms. The fourth-order valence-corrected chi connectivity index (χ4v) is 3.71. The average molecular weight is 368 g/mol. The molecule has 1 aromatic carbocycles. The number of amides is 3. The first-order valence-corrected chi connectivity index (χ1v) is 9.22. The lowest BCUT2D eigenvalue weighted by atomic mass is 9.97. The Bertz CT molecular complexity index is 649. The van der Waals surface area contributed by atoms with Gasteiger partial charge in [0.2, 0.25) is 5.91 Å². The number of urea groups is 1. The van der Waals surface area contributed by atoms with Gasteiger partial charge in [-0.3, -0.25) is 4.79 Å². The van der Waals surface area contributed by atoms with Crippen molar-refractivity contribution in [1.29, 1.82) is 0 Å². The Morgan fingerprint density at radius 2 is 1.92 bits per heavy atom. The first kappa shape index (κ1) is 18.0. The summed E-state index contributed by atoms with van der Waals surface area (Å²) in [5, 5.41) is 5.80. The van der Waals surface area contributed by atoms with E-state index < -0.39 is 5.82 Å². The number of nitrogens with zero attached hydrogens (tertiary/aromatic N) is 1. The minimum Gasteiger partial charge on any atom is -0.335 e. The molecular formula is C18H23ClFN3O2. The molecule has 0 aromatic heterocycles. The van der Waals surface area contributed by atoms with Crippen LogP contribution in [-0.2, 0) is 4.79 Å². The number of anilines is 1. The van der Waals surface area contributed by atoms with E-state index in [0.717, 1.165) is 38.5 Å². The highest BCUT2D eigenvalue weighted by molar-refractivity contribution is 6.31. The highest BCUT2D eigenvalue weighted by Gasteiger charge is 2.29. The van der Waals surface area contributed by atoms with Crippen LogP contribution in [0.15, 0.2) is 18.2 Å². The highest BCUT2D eigenvalue weighted by atomic mass is 35.5. The van der Waals surface area contributed by atoms with E-state index in [9.17, 15) is 14.0 Å². The normalized spacial score (nSPS) is 21.2. The SMILES string of the molecule is O=C(Nc1ccc(F)c(Cl)c1)[C@@H]1CCCN(C(=O)NC2CCCC2)C1. The Kier molecular flexibility index (Phi) is 5.78. The minimum atomic E-state index is -0.521. The van der Waals surface area contributed by atoms with Crippen molar-refractivity contribution in [3.05, 3.63) is 29.0 Å². The third-order valence-electron chi connectivity index (χ3n) is 4.95. The zero-order chi connectivity index (χ0) is 17.8. The van der Waals surface area contributed by atoms with Gasteiger partial charge in [0.1, 0.15) is 5.82 Å². The number of carbonyl (C=O) groups excluding carboxylic acids is 2. The Morgan fingerprint density at radius 3 is 2.64 bits per heavy atom. The van der Waals surface area contributed by atoms with Crippen molar-refractivity contribution >= 4 is 29.2 Å². The van der Waals surface area contributed by atoms with E-state index in [1.165, 1.54) is 18.2 Å². The second kappa shape index (κ2) is 8.04. The largest absolute Gasteiger partial charge is 0.335 e. The molecule has 3 rings (SSSR count). The Labute approximate surface area is 151 Å². The molecular weight excluding hydrogens is 345 g/mol. The lowest BCUT2D eigenvalue weighted by Gasteiger charge is -2.33. The number of halogens is 2. The van der Waals surface area contributed by atoms with E-state index >= 15 is 0 Å². The Morgan fingerprint density at radius 1 is 1.16 bits per heavy atom. The van der Waals surface area contributed by atoms with Crippen LogP contribution in [0, 0.1) is 11.7 Å². The molecule has 3 amide bonds. The maximum Gasteiger partial charge on any atom is 0.317 e. The quantitative estimate of drug-likeness (QED) is 0.854. The van der Waals surface area contributed by atoms with Crippen LogP contribution in [0.2, 0.25) is 5.02 Å². The first-order valence-electron chi connectivity index (χ1n) is 8.84. The summed E-state index contributed by atoms with van der Waals surface area (Å²) < 4.78 is 13.2. The van der Waals surface area contributed by atoms with E-state index in [2.05, 4.69) is 10.6 Å². The molecule has 1 saturated carbocycles. The maximum absolute atomic E-state index is 13.2. The summed E-state index contributed by atoms with van der Waals surface area (Å²) in [7, 11) is 0. The van der Waals surface area contributed by atoms with Crippen LogP contribution < -0.4 is 10.6 Å². The van der Waals surface area contributed by atoms with Crippen LogP contribution in [-0.4, -0.2) is 36.0 Å². The molecule has 2 N–H and O–H groups in total. The number of hydrogen-bond acceptors (Lipinski definition) is 2. The van der Waals surface area contributed by atoms with Crippen molar-refractivity contribution in [2.75, 3.05) is 18.4 Å². The predicted octanol–water partition coefficient (Wildman–Crippen LogP) is 3.78. The average Bonchev–Trinajstić information content (AvgIpc) is 3.11. The molecule has 1 heterocycles. The lowest BCUT2D eigenvalue weighted by Crippen LogP contribution is -2.49. The van der Waals surface area contributed by atoms with E-state index in [0.29, 0.717) is 18.8 Å². The van der Waals surface area contributed by atoms with E-state index in [1.54, 1.807) is 4.90 Å². The van der Waals surface area contributed by atoms with Gasteiger partial charge in [0.15, 0.2) is 0 Å². The molecule has 1 atom stereocenters. The molecule has 5 nitrogen and oxygen atoms in total. The zero-order valence-corrected chi connectivity index (χ0v) is 14.8. The van der Waals surface area contributed by atoms with Crippen LogP contribution in [0.4, 0.5) is 14.9 Å². The van der Waals surface area contributed by atoms with Gasteiger partial charge in [-0.05, 0) is 43.9 Å². The number of carbonyl (C=O) groups is 2. The fraction of sp³-hybridized carbons (Fsp3) is 0.556. The first-order chi connectivity index (χ1) is 12.0. The molecule has 2 fully saturated rings. The van der Waals surface area contributed by atoms with E-state index in [1.807, 2.05) is 0 Å². The zero-order valence-electron chi connectivity index (χ0n) is 14.1. The van der Waals surface area contributed by atoms with Crippen molar-refractivity contribution < 1.29 is 14.0 Å². The predicted molar refractivity (Wildman–Crippen MR) is 95.1 cm³/mol. The van der Waals surface area contributed by atoms with Crippen LogP contribution in [0.3, 0.4) is 0 Å². The minimum absolute atomic E-state index is 0.0287. The number of rotatable bonds is 3. The van der Waals surface area contributed by atoms with Crippen LogP contribution in [0.5, 0.6) is 0 Å². The smallest absolute Gasteiger partial charge is 0.317 e. The van der Waals surface area contributed by atoms with Crippen molar-refractivity contribution in [2.45, 2.75) is 44.6 Å². The molecule has 1 aromatic rings. The number of nitrogens with one attached hydrogen (secondary N) is 2. The molecule has 1 aliphatic heterocycles. The lowest BCUT2D eigenvalue weighted by molar-refractivity contribution is -0.121. The number of likely N-dealkylation sites (tertiary alicyclic amines) is 1. The van der Waals surface area contributed by atoms with Gasteiger partial charge >= 0.3 is 6.03 Å². The van der Waals surface area contributed by atoms with E-state index in [4.69, 9.17) is 11.6 Å². The van der Waals surface area contributed by atoms with Crippen molar-refractivity contribution in [1.82, 2.24) is 10.2 Å².